The molecule has 4 atom stereocenters. The van der Waals surface area contributed by atoms with Crippen LogP contribution in [0.4, 0.5) is 10.9 Å². The van der Waals surface area contributed by atoms with E-state index in [0.717, 1.165) is 16.9 Å². The van der Waals surface area contributed by atoms with Gasteiger partial charge in [-0.15, -0.1) is 11.8 Å². The van der Waals surface area contributed by atoms with Gasteiger partial charge in [-0.1, -0.05) is 30.3 Å². The van der Waals surface area contributed by atoms with E-state index in [9.17, 15) is 24.6 Å². The van der Waals surface area contributed by atoms with Gasteiger partial charge in [-0.25, -0.2) is 14.4 Å². The van der Waals surface area contributed by atoms with E-state index in [1.807, 2.05) is 30.3 Å². The van der Waals surface area contributed by atoms with Crippen molar-refractivity contribution in [2.24, 2.45) is 0 Å². The number of nitrogens with zero attached hydrogens (tertiary/aromatic N) is 4. The molecule has 0 radical (unpaired) electrons. The first-order chi connectivity index (χ1) is 17.2. The highest BCUT2D eigenvalue weighted by atomic mass is 32.2. The van der Waals surface area contributed by atoms with E-state index in [4.69, 9.17) is 14.8 Å². The second-order valence-corrected chi connectivity index (χ2v) is 12.1. The first-order valence-electron chi connectivity index (χ1n) is 10.7. The fourth-order valence-electron chi connectivity index (χ4n) is 3.40. The number of anilines is 1. The minimum Gasteiger partial charge on any atom is -0.390 e. The molecule has 4 rings (SSSR count). The smallest absolute Gasteiger partial charge is 0.390 e. The van der Waals surface area contributed by atoms with Crippen molar-refractivity contribution in [3.8, 4) is 0 Å². The first kappa shape index (κ1) is 26.4. The van der Waals surface area contributed by atoms with Crippen molar-refractivity contribution in [1.82, 2.24) is 19.6 Å². The van der Waals surface area contributed by atoms with Crippen LogP contribution in [0.2, 0.25) is 0 Å². The van der Waals surface area contributed by atoms with Gasteiger partial charge >= 0.3 is 18.6 Å². The minimum absolute atomic E-state index is 0.0444. The molecule has 16 heteroatoms. The topological polar surface area (TPSA) is 185 Å². The number of hydrogen-bond donors (Lipinski definition) is 3. The van der Waals surface area contributed by atoms with E-state index >= 15 is 0 Å². The molecule has 192 valence electrons. The number of aliphatic hydroxyl groups is 1. The second kappa shape index (κ2) is 11.6. The highest BCUT2D eigenvalue weighted by Crippen LogP contribution is 2.48. The maximum absolute atomic E-state index is 13.5. The number of nitrogens with one attached hydrogen (secondary N) is 1. The summed E-state index contributed by atoms with van der Waals surface area (Å²) >= 11 is 2.10. The fraction of sp³-hybridized carbons (Fsp3) is 0.350. The summed E-state index contributed by atoms with van der Waals surface area (Å²) in [6.45, 7) is -0.0616. The molecule has 3 aromatic rings. The molecule has 3 heterocycles. The zero-order chi connectivity index (χ0) is 25.7. The standard InChI is InChI=1S/C20H23N6O7PS2/c21-17-6-7-25(19(28)24-17)18-16(27)8-14(35-18)11-32-34(31,23-9-13-4-2-1-3-5-13)33-12-15-10-22-20(36-15)26(29)30/h1-7,10,14,16,18,27H,8-9,11-12H2,(H,23,31)(H2,21,24,28). The van der Waals surface area contributed by atoms with E-state index in [2.05, 4.69) is 15.1 Å². The largest absolute Gasteiger partial charge is 0.423 e. The molecule has 0 saturated carbocycles. The van der Waals surface area contributed by atoms with Gasteiger partial charge in [0.05, 0.1) is 24.2 Å². The van der Waals surface area contributed by atoms with Crippen molar-refractivity contribution in [3.05, 3.63) is 79.8 Å². The van der Waals surface area contributed by atoms with Gasteiger partial charge in [0.25, 0.3) is 0 Å². The van der Waals surface area contributed by atoms with Crippen LogP contribution in [0.3, 0.4) is 0 Å². The van der Waals surface area contributed by atoms with Crippen molar-refractivity contribution >= 4 is 41.8 Å². The number of nitrogen functional groups attached to an aromatic ring is 1. The summed E-state index contributed by atoms with van der Waals surface area (Å²) in [6, 6.07) is 10.7. The van der Waals surface area contributed by atoms with Gasteiger partial charge in [-0.05, 0) is 39.3 Å². The van der Waals surface area contributed by atoms with Crippen LogP contribution in [-0.2, 0) is 26.8 Å². The fourth-order valence-corrected chi connectivity index (χ4v) is 6.98. The van der Waals surface area contributed by atoms with Crippen LogP contribution in [0.25, 0.3) is 0 Å². The highest BCUT2D eigenvalue weighted by Gasteiger charge is 2.37. The molecule has 1 aromatic carbocycles. The number of nitro groups is 1. The summed E-state index contributed by atoms with van der Waals surface area (Å²) in [5, 5.41) is 23.0. The zero-order valence-electron chi connectivity index (χ0n) is 18.7. The molecule has 0 spiro atoms. The minimum atomic E-state index is -3.88. The summed E-state index contributed by atoms with van der Waals surface area (Å²) in [7, 11) is -3.88. The third kappa shape index (κ3) is 6.76. The number of aromatic nitrogens is 3. The Morgan fingerprint density at radius 1 is 1.31 bits per heavy atom. The van der Waals surface area contributed by atoms with Gasteiger partial charge in [0.1, 0.15) is 11.2 Å². The highest BCUT2D eigenvalue weighted by molar-refractivity contribution is 8.00. The molecule has 36 heavy (non-hydrogen) atoms. The molecular formula is C20H23N6O7PS2. The lowest BCUT2D eigenvalue weighted by atomic mass is 10.2. The summed E-state index contributed by atoms with van der Waals surface area (Å²) < 4.78 is 26.1. The van der Waals surface area contributed by atoms with Crippen LogP contribution in [0.5, 0.6) is 0 Å². The van der Waals surface area contributed by atoms with Crippen molar-refractivity contribution in [2.75, 3.05) is 12.3 Å². The summed E-state index contributed by atoms with van der Waals surface area (Å²) in [6.07, 6.45) is 2.18. The molecule has 0 aliphatic carbocycles. The van der Waals surface area contributed by atoms with Crippen LogP contribution in [-0.4, -0.2) is 42.5 Å². The third-order valence-corrected chi connectivity index (χ3v) is 9.07. The molecule has 0 amide bonds. The molecule has 4 N–H and O–H groups in total. The molecular weight excluding hydrogens is 531 g/mol. The average molecular weight is 555 g/mol. The second-order valence-electron chi connectivity index (χ2n) is 7.75. The lowest BCUT2D eigenvalue weighted by molar-refractivity contribution is -0.384. The Morgan fingerprint density at radius 2 is 2.08 bits per heavy atom. The number of thioether (sulfide) groups is 1. The molecule has 1 fully saturated rings. The number of benzene rings is 1. The van der Waals surface area contributed by atoms with Crippen LogP contribution in [0.1, 0.15) is 22.2 Å². The maximum atomic E-state index is 13.5. The Balaban J connectivity index is 1.41. The maximum Gasteiger partial charge on any atom is 0.423 e. The summed E-state index contributed by atoms with van der Waals surface area (Å²) in [5.74, 6) is 0.0856. The predicted octanol–water partition coefficient (Wildman–Crippen LogP) is 2.69. The molecule has 0 bridgehead atoms. The number of nitrogens with two attached hydrogens (primary N) is 1. The van der Waals surface area contributed by atoms with Gasteiger partial charge in [0.15, 0.2) is 6.20 Å². The van der Waals surface area contributed by atoms with E-state index < -0.39 is 29.8 Å². The summed E-state index contributed by atoms with van der Waals surface area (Å²) in [5.41, 5.74) is 5.81. The normalized spacial score (nSPS) is 21.3. The van der Waals surface area contributed by atoms with Crippen molar-refractivity contribution in [2.45, 2.75) is 36.3 Å². The van der Waals surface area contributed by atoms with E-state index in [1.54, 1.807) is 0 Å². The van der Waals surface area contributed by atoms with Gasteiger partial charge in [0.2, 0.25) is 0 Å². The van der Waals surface area contributed by atoms with Gasteiger partial charge in [0, 0.05) is 18.0 Å². The number of thiazole rings is 1. The van der Waals surface area contributed by atoms with Gasteiger partial charge < -0.3 is 21.0 Å². The van der Waals surface area contributed by atoms with E-state index in [1.165, 1.54) is 34.8 Å². The molecule has 13 nitrogen and oxygen atoms in total. The Kier molecular flexibility index (Phi) is 8.51. The molecule has 4 unspecified atom stereocenters. The third-order valence-electron chi connectivity index (χ3n) is 5.12. The number of hydrogen-bond acceptors (Lipinski definition) is 12. The van der Waals surface area contributed by atoms with Crippen LogP contribution in [0, 0.1) is 10.1 Å². The molecule has 2 aromatic heterocycles. The molecule has 1 saturated heterocycles. The number of aliphatic hydroxyl groups excluding tert-OH is 1. The van der Waals surface area contributed by atoms with Crippen molar-refractivity contribution < 1.29 is 23.6 Å². The van der Waals surface area contributed by atoms with Crippen molar-refractivity contribution in [1.29, 1.82) is 0 Å². The molecule has 1 aliphatic rings. The van der Waals surface area contributed by atoms with E-state index in [-0.39, 0.29) is 42.4 Å². The van der Waals surface area contributed by atoms with Gasteiger partial charge in [-0.2, -0.15) is 4.98 Å². The van der Waals surface area contributed by atoms with Gasteiger partial charge in [-0.3, -0.25) is 13.6 Å². The van der Waals surface area contributed by atoms with Crippen molar-refractivity contribution in [3.63, 3.8) is 0 Å². The molecule has 1 aliphatic heterocycles. The van der Waals surface area contributed by atoms with Crippen LogP contribution >= 0.6 is 30.8 Å². The lowest BCUT2D eigenvalue weighted by Crippen LogP contribution is -2.29. The Morgan fingerprint density at radius 3 is 2.78 bits per heavy atom. The van der Waals surface area contributed by atoms with E-state index in [0.29, 0.717) is 4.88 Å². The first-order valence-corrected chi connectivity index (χ1v) is 14.0. The van der Waals surface area contributed by atoms with Crippen LogP contribution < -0.4 is 16.5 Å². The lowest BCUT2D eigenvalue weighted by Gasteiger charge is -2.21. The average Bonchev–Trinajstić information content (AvgIpc) is 3.48. The van der Waals surface area contributed by atoms with Crippen LogP contribution in [0.15, 0.2) is 53.6 Å². The monoisotopic (exact) mass is 554 g/mol. The zero-order valence-corrected chi connectivity index (χ0v) is 21.2. The Bertz CT molecular complexity index is 1310. The Hall–Kier alpha value is -2.65. The number of rotatable bonds is 11. The summed E-state index contributed by atoms with van der Waals surface area (Å²) in [4.78, 5) is 30.2. The Labute approximate surface area is 213 Å². The SMILES string of the molecule is Nc1ccn(C2SC(COP(=O)(NCc3ccccc3)OCc3cnc([N+](=O)[O-])s3)CC2O)c(=O)n1. The predicted molar refractivity (Wildman–Crippen MR) is 134 cm³/mol. The quantitative estimate of drug-likeness (QED) is 0.179.